The van der Waals surface area contributed by atoms with Gasteiger partial charge in [-0.3, -0.25) is 0 Å². The van der Waals surface area contributed by atoms with Crippen LogP contribution in [0.2, 0.25) is 0 Å². The van der Waals surface area contributed by atoms with Crippen LogP contribution in [0.3, 0.4) is 0 Å². The molecule has 0 amide bonds. The third-order valence-corrected chi connectivity index (χ3v) is 4.88. The third kappa shape index (κ3) is 2.45. The van der Waals surface area contributed by atoms with Crippen LogP contribution in [0.1, 0.15) is 23.9 Å². The SMILES string of the molecule is Cc1ccccc1N1c2nc(C)c(C)nc2N(c2ccccc2)C1C. The minimum atomic E-state index is 0.0969. The average Bonchev–Trinajstić information content (AvgIpc) is 2.88. The van der Waals surface area contributed by atoms with Crippen molar-refractivity contribution in [3.63, 3.8) is 0 Å². The Kier molecular flexibility index (Phi) is 3.68. The van der Waals surface area contributed by atoms with Crippen molar-refractivity contribution < 1.29 is 0 Å². The van der Waals surface area contributed by atoms with Gasteiger partial charge in [-0.2, -0.15) is 0 Å². The number of rotatable bonds is 2. The summed E-state index contributed by atoms with van der Waals surface area (Å²) >= 11 is 0. The van der Waals surface area contributed by atoms with Crippen molar-refractivity contribution >= 4 is 23.0 Å². The zero-order valence-corrected chi connectivity index (χ0v) is 15.1. The molecule has 2 heterocycles. The van der Waals surface area contributed by atoms with Crippen LogP contribution in [0.4, 0.5) is 23.0 Å². The molecule has 0 saturated carbocycles. The summed E-state index contributed by atoms with van der Waals surface area (Å²) in [5.74, 6) is 1.85. The molecule has 0 spiro atoms. The first-order chi connectivity index (χ1) is 12.1. The van der Waals surface area contributed by atoms with Gasteiger partial charge in [-0.25, -0.2) is 9.97 Å². The van der Waals surface area contributed by atoms with E-state index in [0.29, 0.717) is 0 Å². The number of anilines is 4. The monoisotopic (exact) mass is 330 g/mol. The van der Waals surface area contributed by atoms with E-state index in [2.05, 4.69) is 72.2 Å². The molecule has 4 rings (SSSR count). The van der Waals surface area contributed by atoms with Crippen molar-refractivity contribution in [2.45, 2.75) is 33.9 Å². The van der Waals surface area contributed by atoms with Gasteiger partial charge in [-0.05, 0) is 51.5 Å². The van der Waals surface area contributed by atoms with Crippen molar-refractivity contribution in [1.82, 2.24) is 9.97 Å². The highest BCUT2D eigenvalue weighted by molar-refractivity contribution is 5.84. The lowest BCUT2D eigenvalue weighted by atomic mass is 10.2. The fraction of sp³-hybridized carbons (Fsp3) is 0.238. The fourth-order valence-electron chi connectivity index (χ4n) is 3.45. The van der Waals surface area contributed by atoms with E-state index in [1.165, 1.54) is 11.3 Å². The number of aromatic nitrogens is 2. The van der Waals surface area contributed by atoms with Gasteiger partial charge in [0.15, 0.2) is 11.6 Å². The molecule has 4 heteroatoms. The molecule has 1 atom stereocenters. The molecule has 1 aliphatic heterocycles. The van der Waals surface area contributed by atoms with Crippen molar-refractivity contribution in [2.24, 2.45) is 0 Å². The second kappa shape index (κ2) is 5.88. The van der Waals surface area contributed by atoms with Crippen LogP contribution in [0, 0.1) is 20.8 Å². The van der Waals surface area contributed by atoms with Crippen LogP contribution in [-0.4, -0.2) is 16.1 Å². The van der Waals surface area contributed by atoms with Gasteiger partial charge in [-0.1, -0.05) is 36.4 Å². The van der Waals surface area contributed by atoms with Crippen molar-refractivity contribution in [1.29, 1.82) is 0 Å². The zero-order chi connectivity index (χ0) is 17.6. The number of nitrogens with zero attached hydrogens (tertiary/aromatic N) is 4. The van der Waals surface area contributed by atoms with E-state index in [4.69, 9.17) is 9.97 Å². The van der Waals surface area contributed by atoms with E-state index in [1.54, 1.807) is 0 Å². The van der Waals surface area contributed by atoms with E-state index >= 15 is 0 Å². The summed E-state index contributed by atoms with van der Waals surface area (Å²) < 4.78 is 0. The third-order valence-electron chi connectivity index (χ3n) is 4.88. The van der Waals surface area contributed by atoms with Gasteiger partial charge in [0.05, 0.1) is 11.4 Å². The maximum Gasteiger partial charge on any atom is 0.178 e. The Morgan fingerprint density at radius 2 is 1.28 bits per heavy atom. The van der Waals surface area contributed by atoms with Gasteiger partial charge in [0.2, 0.25) is 0 Å². The van der Waals surface area contributed by atoms with Gasteiger partial charge in [0.25, 0.3) is 0 Å². The molecule has 1 unspecified atom stereocenters. The molecule has 0 bridgehead atoms. The molecule has 3 aromatic rings. The highest BCUT2D eigenvalue weighted by Gasteiger charge is 2.38. The highest BCUT2D eigenvalue weighted by atomic mass is 15.5. The smallest absolute Gasteiger partial charge is 0.178 e. The Morgan fingerprint density at radius 1 is 0.720 bits per heavy atom. The highest BCUT2D eigenvalue weighted by Crippen LogP contribution is 2.46. The second-order valence-corrected chi connectivity index (χ2v) is 6.54. The summed E-state index contributed by atoms with van der Waals surface area (Å²) in [5, 5.41) is 0. The molecular weight excluding hydrogens is 308 g/mol. The van der Waals surface area contributed by atoms with Gasteiger partial charge in [0.1, 0.15) is 6.17 Å². The van der Waals surface area contributed by atoms with Crippen LogP contribution < -0.4 is 9.80 Å². The molecule has 126 valence electrons. The average molecular weight is 330 g/mol. The van der Waals surface area contributed by atoms with E-state index in [0.717, 1.165) is 28.7 Å². The molecule has 0 aliphatic carbocycles. The van der Waals surface area contributed by atoms with Crippen LogP contribution in [-0.2, 0) is 0 Å². The molecule has 0 saturated heterocycles. The van der Waals surface area contributed by atoms with Crippen molar-refractivity contribution in [3.05, 3.63) is 71.5 Å². The molecule has 1 aromatic heterocycles. The first-order valence-corrected chi connectivity index (χ1v) is 8.62. The van der Waals surface area contributed by atoms with E-state index in [9.17, 15) is 0 Å². The summed E-state index contributed by atoms with van der Waals surface area (Å²) in [5.41, 5.74) is 5.48. The molecule has 0 radical (unpaired) electrons. The molecule has 0 N–H and O–H groups in total. The molecule has 2 aromatic carbocycles. The Labute approximate surface area is 148 Å². The summed E-state index contributed by atoms with van der Waals surface area (Å²) in [7, 11) is 0. The normalized spacial score (nSPS) is 16.2. The van der Waals surface area contributed by atoms with E-state index in [-0.39, 0.29) is 6.17 Å². The predicted molar refractivity (Wildman–Crippen MR) is 103 cm³/mol. The Balaban J connectivity index is 1.94. The summed E-state index contributed by atoms with van der Waals surface area (Å²) in [6.45, 7) is 8.39. The number of benzene rings is 2. The lowest BCUT2D eigenvalue weighted by Gasteiger charge is -2.30. The lowest BCUT2D eigenvalue weighted by molar-refractivity contribution is 0.752. The standard InChI is InChI=1S/C21H22N4/c1-14-10-8-9-13-19(14)25-17(4)24(18-11-6-5-7-12-18)20-21(25)23-16(3)15(2)22-20/h5-13,17H,1-4H3. The maximum absolute atomic E-state index is 4.90. The minimum absolute atomic E-state index is 0.0969. The molecule has 0 fully saturated rings. The quantitative estimate of drug-likeness (QED) is 0.659. The van der Waals surface area contributed by atoms with Crippen molar-refractivity contribution in [2.75, 3.05) is 9.80 Å². The molecule has 1 aliphatic rings. The fourth-order valence-corrected chi connectivity index (χ4v) is 3.45. The second-order valence-electron chi connectivity index (χ2n) is 6.54. The summed E-state index contributed by atoms with van der Waals surface area (Å²) in [6.07, 6.45) is 0.0969. The van der Waals surface area contributed by atoms with Crippen LogP contribution >= 0.6 is 0 Å². The lowest BCUT2D eigenvalue weighted by Crippen LogP contribution is -2.35. The largest absolute Gasteiger partial charge is 0.302 e. The van der Waals surface area contributed by atoms with Crippen LogP contribution in [0.15, 0.2) is 54.6 Å². The topological polar surface area (TPSA) is 32.3 Å². The summed E-state index contributed by atoms with van der Waals surface area (Å²) in [6, 6.07) is 18.9. The van der Waals surface area contributed by atoms with Crippen LogP contribution in [0.5, 0.6) is 0 Å². The van der Waals surface area contributed by atoms with E-state index in [1.807, 2.05) is 19.9 Å². The van der Waals surface area contributed by atoms with Gasteiger partial charge in [-0.15, -0.1) is 0 Å². The number of para-hydroxylation sites is 2. The Hall–Kier alpha value is -2.88. The molecule has 4 nitrogen and oxygen atoms in total. The Morgan fingerprint density at radius 3 is 1.92 bits per heavy atom. The van der Waals surface area contributed by atoms with Gasteiger partial charge >= 0.3 is 0 Å². The first-order valence-electron chi connectivity index (χ1n) is 8.62. The molecular formula is C21H22N4. The molecule has 25 heavy (non-hydrogen) atoms. The van der Waals surface area contributed by atoms with Gasteiger partial charge in [0, 0.05) is 11.4 Å². The van der Waals surface area contributed by atoms with Crippen LogP contribution in [0.25, 0.3) is 0 Å². The number of hydrogen-bond acceptors (Lipinski definition) is 4. The van der Waals surface area contributed by atoms with E-state index < -0.39 is 0 Å². The maximum atomic E-state index is 4.90. The first kappa shape index (κ1) is 15.6. The minimum Gasteiger partial charge on any atom is -0.302 e. The zero-order valence-electron chi connectivity index (χ0n) is 15.1. The number of fused-ring (bicyclic) bond motifs is 1. The van der Waals surface area contributed by atoms with Crippen molar-refractivity contribution in [3.8, 4) is 0 Å². The summed E-state index contributed by atoms with van der Waals surface area (Å²) in [4.78, 5) is 14.3. The van der Waals surface area contributed by atoms with Gasteiger partial charge < -0.3 is 9.80 Å². The number of hydrogen-bond donors (Lipinski definition) is 0. The number of aryl methyl sites for hydroxylation is 3. The predicted octanol–water partition coefficient (Wildman–Crippen LogP) is 5.04. The Bertz CT molecular complexity index is 920.